The van der Waals surface area contributed by atoms with Gasteiger partial charge in [0.1, 0.15) is 0 Å². The Labute approximate surface area is 144 Å². The van der Waals surface area contributed by atoms with Crippen LogP contribution in [0.4, 0.5) is 4.79 Å². The number of benzene rings is 1. The van der Waals surface area contributed by atoms with Crippen LogP contribution in [0.15, 0.2) is 30.3 Å². The van der Waals surface area contributed by atoms with E-state index < -0.39 is 0 Å². The molecule has 1 unspecified atom stereocenters. The Morgan fingerprint density at radius 1 is 1.25 bits per heavy atom. The lowest BCUT2D eigenvalue weighted by atomic mass is 10.0. The Morgan fingerprint density at radius 3 is 2.71 bits per heavy atom. The Bertz CT molecular complexity index is 531. The van der Waals surface area contributed by atoms with E-state index in [9.17, 15) is 9.59 Å². The van der Waals surface area contributed by atoms with E-state index in [0.717, 1.165) is 31.4 Å². The average molecular weight is 331 g/mol. The highest BCUT2D eigenvalue weighted by atomic mass is 16.2. The number of urea groups is 1. The fourth-order valence-electron chi connectivity index (χ4n) is 2.93. The summed E-state index contributed by atoms with van der Waals surface area (Å²) < 4.78 is 0. The van der Waals surface area contributed by atoms with Crippen LogP contribution < -0.4 is 10.6 Å². The Morgan fingerprint density at radius 2 is 2.00 bits per heavy atom. The van der Waals surface area contributed by atoms with E-state index in [2.05, 4.69) is 24.5 Å². The van der Waals surface area contributed by atoms with E-state index in [1.165, 1.54) is 0 Å². The van der Waals surface area contributed by atoms with Crippen molar-refractivity contribution in [3.63, 3.8) is 0 Å². The van der Waals surface area contributed by atoms with Crippen LogP contribution in [-0.4, -0.2) is 36.5 Å². The summed E-state index contributed by atoms with van der Waals surface area (Å²) in [6.45, 7) is 6.19. The number of nitrogens with zero attached hydrogens (tertiary/aromatic N) is 1. The minimum absolute atomic E-state index is 0.00686. The predicted octanol–water partition coefficient (Wildman–Crippen LogP) is 3.09. The number of hydrogen-bond donors (Lipinski definition) is 2. The summed E-state index contributed by atoms with van der Waals surface area (Å²) in [5.74, 6) is 0.403. The van der Waals surface area contributed by atoms with Crippen LogP contribution in [0.1, 0.15) is 51.1 Å². The van der Waals surface area contributed by atoms with Crippen molar-refractivity contribution in [2.45, 2.75) is 45.6 Å². The third kappa shape index (κ3) is 5.55. The standard InChI is InChI=1S/C19H29N3O2/c1-15(2)14-21-19(24)22-12-8-4-7-11-20-18(23)13-17(22)16-9-5-3-6-10-16/h3,5-6,9-10,15,17H,4,7-8,11-14H2,1-2H3,(H,20,23)(H,21,24). The van der Waals surface area contributed by atoms with E-state index in [0.29, 0.717) is 25.4 Å². The van der Waals surface area contributed by atoms with E-state index in [1.807, 2.05) is 35.2 Å². The molecule has 1 saturated heterocycles. The third-order valence-electron chi connectivity index (χ3n) is 4.26. The first-order valence-corrected chi connectivity index (χ1v) is 8.94. The molecule has 5 heteroatoms. The molecule has 1 aliphatic rings. The number of hydrogen-bond acceptors (Lipinski definition) is 2. The minimum Gasteiger partial charge on any atom is -0.356 e. The monoisotopic (exact) mass is 331 g/mol. The zero-order valence-corrected chi connectivity index (χ0v) is 14.8. The first kappa shape index (κ1) is 18.3. The zero-order valence-electron chi connectivity index (χ0n) is 14.8. The smallest absolute Gasteiger partial charge is 0.317 e. The third-order valence-corrected chi connectivity index (χ3v) is 4.26. The highest BCUT2D eigenvalue weighted by molar-refractivity contribution is 5.79. The molecule has 1 atom stereocenters. The molecular formula is C19H29N3O2. The Balaban J connectivity index is 2.23. The van der Waals surface area contributed by atoms with Crippen molar-refractivity contribution in [1.29, 1.82) is 0 Å². The first-order valence-electron chi connectivity index (χ1n) is 8.94. The highest BCUT2D eigenvalue weighted by Gasteiger charge is 2.27. The van der Waals surface area contributed by atoms with Crippen LogP contribution >= 0.6 is 0 Å². The molecule has 0 saturated carbocycles. The predicted molar refractivity (Wildman–Crippen MR) is 95.6 cm³/mol. The maximum Gasteiger partial charge on any atom is 0.317 e. The molecule has 0 aromatic heterocycles. The summed E-state index contributed by atoms with van der Waals surface area (Å²) in [6.07, 6.45) is 3.23. The van der Waals surface area contributed by atoms with Gasteiger partial charge in [0.05, 0.1) is 12.5 Å². The second-order valence-electron chi connectivity index (χ2n) is 6.81. The van der Waals surface area contributed by atoms with Crippen molar-refractivity contribution in [2.24, 2.45) is 5.92 Å². The molecule has 1 fully saturated rings. The highest BCUT2D eigenvalue weighted by Crippen LogP contribution is 2.25. The van der Waals surface area contributed by atoms with Crippen molar-refractivity contribution in [3.05, 3.63) is 35.9 Å². The van der Waals surface area contributed by atoms with Gasteiger partial charge >= 0.3 is 6.03 Å². The lowest BCUT2D eigenvalue weighted by molar-refractivity contribution is -0.122. The number of rotatable bonds is 3. The van der Waals surface area contributed by atoms with Gasteiger partial charge in [0, 0.05) is 19.6 Å². The molecule has 5 nitrogen and oxygen atoms in total. The van der Waals surface area contributed by atoms with Gasteiger partial charge in [-0.3, -0.25) is 4.79 Å². The molecule has 24 heavy (non-hydrogen) atoms. The van der Waals surface area contributed by atoms with Gasteiger partial charge in [0.15, 0.2) is 0 Å². The Hall–Kier alpha value is -2.04. The van der Waals surface area contributed by atoms with Gasteiger partial charge < -0.3 is 15.5 Å². The molecule has 132 valence electrons. The largest absolute Gasteiger partial charge is 0.356 e. The molecule has 0 radical (unpaired) electrons. The van der Waals surface area contributed by atoms with Gasteiger partial charge in [-0.2, -0.15) is 0 Å². The van der Waals surface area contributed by atoms with Gasteiger partial charge in [-0.25, -0.2) is 4.79 Å². The Kier molecular flexibility index (Phi) is 7.09. The molecule has 0 aliphatic carbocycles. The van der Waals surface area contributed by atoms with Gasteiger partial charge in [-0.1, -0.05) is 44.2 Å². The van der Waals surface area contributed by atoms with Gasteiger partial charge in [-0.15, -0.1) is 0 Å². The van der Waals surface area contributed by atoms with Gasteiger partial charge in [-0.05, 0) is 30.7 Å². The maximum absolute atomic E-state index is 12.7. The molecule has 1 aliphatic heterocycles. The number of carbonyl (C=O) groups excluding carboxylic acids is 2. The van der Waals surface area contributed by atoms with E-state index in [1.54, 1.807) is 0 Å². The van der Waals surface area contributed by atoms with Gasteiger partial charge in [0.2, 0.25) is 5.91 Å². The van der Waals surface area contributed by atoms with E-state index in [4.69, 9.17) is 0 Å². The topological polar surface area (TPSA) is 61.4 Å². The molecule has 0 bridgehead atoms. The summed E-state index contributed by atoms with van der Waals surface area (Å²) >= 11 is 0. The summed E-state index contributed by atoms with van der Waals surface area (Å²) in [7, 11) is 0. The molecule has 2 N–H and O–H groups in total. The summed E-state index contributed by atoms with van der Waals surface area (Å²) in [5.41, 5.74) is 1.01. The molecule has 3 amide bonds. The zero-order chi connectivity index (χ0) is 17.4. The lowest BCUT2D eigenvalue weighted by Gasteiger charge is -2.33. The second-order valence-corrected chi connectivity index (χ2v) is 6.81. The second kappa shape index (κ2) is 9.30. The fraction of sp³-hybridized carbons (Fsp3) is 0.579. The summed E-state index contributed by atoms with van der Waals surface area (Å²) in [5, 5.41) is 5.97. The fourth-order valence-corrected chi connectivity index (χ4v) is 2.93. The van der Waals surface area contributed by atoms with E-state index >= 15 is 0 Å². The van der Waals surface area contributed by atoms with Crippen molar-refractivity contribution in [1.82, 2.24) is 15.5 Å². The maximum atomic E-state index is 12.7. The van der Waals surface area contributed by atoms with Crippen LogP contribution in [0.3, 0.4) is 0 Å². The van der Waals surface area contributed by atoms with Crippen molar-refractivity contribution < 1.29 is 9.59 Å². The number of carbonyl (C=O) groups is 2. The van der Waals surface area contributed by atoms with Crippen LogP contribution in [0.25, 0.3) is 0 Å². The van der Waals surface area contributed by atoms with E-state index in [-0.39, 0.29) is 18.0 Å². The normalized spacial score (nSPS) is 19.7. The first-order chi connectivity index (χ1) is 11.6. The molecule has 1 heterocycles. The molecule has 2 rings (SSSR count). The van der Waals surface area contributed by atoms with Crippen molar-refractivity contribution in [2.75, 3.05) is 19.6 Å². The van der Waals surface area contributed by atoms with Crippen molar-refractivity contribution >= 4 is 11.9 Å². The lowest BCUT2D eigenvalue weighted by Crippen LogP contribution is -2.45. The van der Waals surface area contributed by atoms with Gasteiger partial charge in [0.25, 0.3) is 0 Å². The van der Waals surface area contributed by atoms with Crippen molar-refractivity contribution in [3.8, 4) is 0 Å². The van der Waals surface area contributed by atoms with Crippen LogP contribution in [-0.2, 0) is 4.79 Å². The quantitative estimate of drug-likeness (QED) is 0.894. The van der Waals surface area contributed by atoms with Crippen LogP contribution in [0.2, 0.25) is 0 Å². The number of amides is 3. The minimum atomic E-state index is -0.225. The molecule has 0 spiro atoms. The average Bonchev–Trinajstić information content (AvgIpc) is 2.58. The molecule has 1 aromatic carbocycles. The van der Waals surface area contributed by atoms with Crippen LogP contribution in [0, 0.1) is 5.92 Å². The molecular weight excluding hydrogens is 302 g/mol. The summed E-state index contributed by atoms with van der Waals surface area (Å²) in [4.78, 5) is 26.8. The molecule has 1 aromatic rings. The number of nitrogens with one attached hydrogen (secondary N) is 2. The summed E-state index contributed by atoms with van der Waals surface area (Å²) in [6, 6.07) is 9.54. The van der Waals surface area contributed by atoms with Crippen LogP contribution in [0.5, 0.6) is 0 Å². The SMILES string of the molecule is CC(C)CNC(=O)N1CCCCCNC(=O)CC1c1ccccc1.